The summed E-state index contributed by atoms with van der Waals surface area (Å²) in [5, 5.41) is 16.8. The maximum absolute atomic E-state index is 12.0. The summed E-state index contributed by atoms with van der Waals surface area (Å²) < 4.78 is 5.47. The third-order valence-electron chi connectivity index (χ3n) is 3.43. The van der Waals surface area contributed by atoms with Crippen molar-refractivity contribution >= 4 is 17.3 Å². The molecule has 1 saturated heterocycles. The first-order valence-electron chi connectivity index (χ1n) is 6.85. The Hall–Kier alpha value is -1.99. The zero-order chi connectivity index (χ0) is 15.4. The van der Waals surface area contributed by atoms with Crippen LogP contribution in [0.2, 0.25) is 0 Å². The molecule has 1 amide bonds. The zero-order valence-corrected chi connectivity index (χ0v) is 12.1. The van der Waals surface area contributed by atoms with Crippen molar-refractivity contribution in [1.29, 1.82) is 0 Å². The Morgan fingerprint density at radius 2 is 2.24 bits per heavy atom. The van der Waals surface area contributed by atoms with Crippen molar-refractivity contribution < 1.29 is 14.5 Å². The molecule has 2 N–H and O–H groups in total. The fraction of sp³-hybridized carbons (Fsp3) is 0.500. The lowest BCUT2D eigenvalue weighted by Gasteiger charge is -2.23. The number of nitro benzene ring substituents is 1. The molecule has 1 aromatic carbocycles. The van der Waals surface area contributed by atoms with Crippen molar-refractivity contribution in [3.63, 3.8) is 0 Å². The van der Waals surface area contributed by atoms with Crippen LogP contribution in [0, 0.1) is 24.0 Å². The van der Waals surface area contributed by atoms with Gasteiger partial charge in [-0.1, -0.05) is 0 Å². The standard InChI is InChI=1S/C14H19N3O4/c1-9-5-10(2)13(17(19)20)7-12(9)16-14(18)6-11-8-15-3-4-21-11/h5,7,11,15H,3-4,6,8H2,1-2H3,(H,16,18). The molecule has 1 atom stereocenters. The number of carbonyl (C=O) groups excluding carboxylic acids is 1. The van der Waals surface area contributed by atoms with Crippen molar-refractivity contribution in [2.75, 3.05) is 25.0 Å². The predicted octanol–water partition coefficient (Wildman–Crippen LogP) is 1.53. The monoisotopic (exact) mass is 293 g/mol. The molecule has 1 unspecified atom stereocenters. The summed E-state index contributed by atoms with van der Waals surface area (Å²) in [7, 11) is 0. The fourth-order valence-electron chi connectivity index (χ4n) is 2.33. The van der Waals surface area contributed by atoms with Gasteiger partial charge in [0.25, 0.3) is 5.69 Å². The predicted molar refractivity (Wildman–Crippen MR) is 78.4 cm³/mol. The number of morpholine rings is 1. The van der Waals surface area contributed by atoms with E-state index >= 15 is 0 Å². The highest BCUT2D eigenvalue weighted by Gasteiger charge is 2.19. The number of nitrogens with zero attached hydrogens (tertiary/aromatic N) is 1. The van der Waals surface area contributed by atoms with Gasteiger partial charge in [-0.3, -0.25) is 14.9 Å². The number of nitrogens with one attached hydrogen (secondary N) is 2. The Morgan fingerprint density at radius 1 is 1.48 bits per heavy atom. The van der Waals surface area contributed by atoms with Gasteiger partial charge in [0.2, 0.25) is 5.91 Å². The molecular formula is C14H19N3O4. The van der Waals surface area contributed by atoms with E-state index in [0.29, 0.717) is 24.4 Å². The number of nitro groups is 1. The number of amides is 1. The van der Waals surface area contributed by atoms with Gasteiger partial charge < -0.3 is 15.4 Å². The van der Waals surface area contributed by atoms with Crippen LogP contribution in [0.4, 0.5) is 11.4 Å². The molecule has 0 spiro atoms. The summed E-state index contributed by atoms with van der Waals surface area (Å²) in [5.74, 6) is -0.204. The van der Waals surface area contributed by atoms with Gasteiger partial charge in [0.1, 0.15) is 0 Å². The average Bonchev–Trinajstić information content (AvgIpc) is 2.42. The lowest BCUT2D eigenvalue weighted by atomic mass is 10.1. The van der Waals surface area contributed by atoms with Crippen LogP contribution >= 0.6 is 0 Å². The van der Waals surface area contributed by atoms with Gasteiger partial charge >= 0.3 is 0 Å². The molecule has 0 radical (unpaired) electrons. The van der Waals surface area contributed by atoms with Gasteiger partial charge in [-0.15, -0.1) is 0 Å². The maximum Gasteiger partial charge on any atom is 0.274 e. The van der Waals surface area contributed by atoms with Crippen molar-refractivity contribution in [3.05, 3.63) is 33.4 Å². The van der Waals surface area contributed by atoms with E-state index in [2.05, 4.69) is 10.6 Å². The summed E-state index contributed by atoms with van der Waals surface area (Å²) in [4.78, 5) is 22.5. The van der Waals surface area contributed by atoms with Gasteiger partial charge in [0, 0.05) is 24.7 Å². The van der Waals surface area contributed by atoms with E-state index in [-0.39, 0.29) is 24.1 Å². The number of rotatable bonds is 4. The summed E-state index contributed by atoms with van der Waals surface area (Å²) in [6, 6.07) is 3.11. The summed E-state index contributed by atoms with van der Waals surface area (Å²) in [6.07, 6.45) is 0.0770. The van der Waals surface area contributed by atoms with Gasteiger partial charge in [-0.25, -0.2) is 0 Å². The molecule has 1 aromatic rings. The molecule has 7 nitrogen and oxygen atoms in total. The molecule has 114 valence electrons. The van der Waals surface area contributed by atoms with Crippen molar-refractivity contribution in [2.24, 2.45) is 0 Å². The van der Waals surface area contributed by atoms with E-state index in [0.717, 1.165) is 12.1 Å². The second-order valence-corrected chi connectivity index (χ2v) is 5.16. The van der Waals surface area contributed by atoms with Crippen LogP contribution in [0.15, 0.2) is 12.1 Å². The first kappa shape index (κ1) is 15.4. The zero-order valence-electron chi connectivity index (χ0n) is 12.1. The molecule has 0 bridgehead atoms. The van der Waals surface area contributed by atoms with Gasteiger partial charge in [-0.2, -0.15) is 0 Å². The molecule has 1 fully saturated rings. The summed E-state index contributed by atoms with van der Waals surface area (Å²) in [6.45, 7) is 5.51. The number of hydrogen-bond acceptors (Lipinski definition) is 5. The SMILES string of the molecule is Cc1cc(C)c([N+](=O)[O-])cc1NC(=O)CC1CNCCO1. The number of hydrogen-bond donors (Lipinski definition) is 2. The smallest absolute Gasteiger partial charge is 0.274 e. The molecule has 21 heavy (non-hydrogen) atoms. The molecule has 1 heterocycles. The summed E-state index contributed by atoms with van der Waals surface area (Å²) >= 11 is 0. The normalized spacial score (nSPS) is 18.3. The lowest BCUT2D eigenvalue weighted by molar-refractivity contribution is -0.385. The highest BCUT2D eigenvalue weighted by atomic mass is 16.6. The Kier molecular flexibility index (Phi) is 4.87. The third-order valence-corrected chi connectivity index (χ3v) is 3.43. The van der Waals surface area contributed by atoms with E-state index in [9.17, 15) is 14.9 Å². The molecule has 1 aliphatic heterocycles. The second kappa shape index (κ2) is 6.64. The third kappa shape index (κ3) is 3.99. The van der Waals surface area contributed by atoms with Crippen LogP contribution in [0.1, 0.15) is 17.5 Å². The molecule has 0 saturated carbocycles. The highest BCUT2D eigenvalue weighted by molar-refractivity contribution is 5.92. The van der Waals surface area contributed by atoms with E-state index in [1.54, 1.807) is 13.0 Å². The molecule has 2 rings (SSSR count). The molecule has 7 heteroatoms. The molecule has 0 aromatic heterocycles. The number of aryl methyl sites for hydroxylation is 2. The van der Waals surface area contributed by atoms with Gasteiger partial charge in [0.15, 0.2) is 0 Å². The quantitative estimate of drug-likeness (QED) is 0.648. The number of benzene rings is 1. The Morgan fingerprint density at radius 3 is 2.86 bits per heavy atom. The van der Waals surface area contributed by atoms with Crippen LogP contribution in [0.5, 0.6) is 0 Å². The van der Waals surface area contributed by atoms with Crippen molar-refractivity contribution in [2.45, 2.75) is 26.4 Å². The topological polar surface area (TPSA) is 93.5 Å². The van der Waals surface area contributed by atoms with Crippen molar-refractivity contribution in [1.82, 2.24) is 5.32 Å². The molecular weight excluding hydrogens is 274 g/mol. The Labute approximate surface area is 122 Å². The van der Waals surface area contributed by atoms with Crippen LogP contribution in [0.25, 0.3) is 0 Å². The molecule has 1 aliphatic rings. The average molecular weight is 293 g/mol. The van der Waals surface area contributed by atoms with E-state index in [1.807, 2.05) is 6.92 Å². The minimum atomic E-state index is -0.446. The molecule has 0 aliphatic carbocycles. The Bertz CT molecular complexity index is 553. The van der Waals surface area contributed by atoms with Crippen LogP contribution in [0.3, 0.4) is 0 Å². The van der Waals surface area contributed by atoms with Gasteiger partial charge in [0.05, 0.1) is 29.7 Å². The number of anilines is 1. The Balaban J connectivity index is 2.06. The van der Waals surface area contributed by atoms with E-state index < -0.39 is 4.92 Å². The van der Waals surface area contributed by atoms with Crippen LogP contribution in [-0.2, 0) is 9.53 Å². The number of carbonyl (C=O) groups is 1. The van der Waals surface area contributed by atoms with Crippen LogP contribution < -0.4 is 10.6 Å². The number of ether oxygens (including phenoxy) is 1. The minimum absolute atomic E-state index is 0.00600. The summed E-state index contributed by atoms with van der Waals surface area (Å²) in [5.41, 5.74) is 1.86. The highest BCUT2D eigenvalue weighted by Crippen LogP contribution is 2.26. The second-order valence-electron chi connectivity index (χ2n) is 5.16. The van der Waals surface area contributed by atoms with Gasteiger partial charge in [-0.05, 0) is 25.5 Å². The maximum atomic E-state index is 12.0. The van der Waals surface area contributed by atoms with E-state index in [4.69, 9.17) is 4.74 Å². The van der Waals surface area contributed by atoms with Crippen molar-refractivity contribution in [3.8, 4) is 0 Å². The fourth-order valence-corrected chi connectivity index (χ4v) is 2.33. The lowest BCUT2D eigenvalue weighted by Crippen LogP contribution is -2.40. The van der Waals surface area contributed by atoms with E-state index in [1.165, 1.54) is 6.07 Å². The first-order valence-corrected chi connectivity index (χ1v) is 6.85. The largest absolute Gasteiger partial charge is 0.375 e. The minimum Gasteiger partial charge on any atom is -0.375 e. The van der Waals surface area contributed by atoms with Crippen LogP contribution in [-0.4, -0.2) is 36.6 Å². The first-order chi connectivity index (χ1) is 9.97.